The molecule has 0 aliphatic heterocycles. The first-order chi connectivity index (χ1) is 5.71. The van der Waals surface area contributed by atoms with Crippen LogP contribution >= 0.6 is 11.6 Å². The molecule has 1 aliphatic carbocycles. The van der Waals surface area contributed by atoms with Gasteiger partial charge in [0.05, 0.1) is 0 Å². The molecule has 1 rings (SSSR count). The van der Waals surface area contributed by atoms with Gasteiger partial charge in [0.15, 0.2) is 0 Å². The Morgan fingerprint density at radius 1 is 1.25 bits per heavy atom. The second-order valence-electron chi connectivity index (χ2n) is 4.20. The number of allylic oxidation sites excluding steroid dienone is 2. The van der Waals surface area contributed by atoms with Gasteiger partial charge in [-0.15, -0.1) is 11.6 Å². The number of halogens is 1. The summed E-state index contributed by atoms with van der Waals surface area (Å²) in [6, 6.07) is 0. The second kappa shape index (κ2) is 4.32. The molecule has 0 nitrogen and oxygen atoms in total. The Balaban J connectivity index is 2.65. The Kier molecular flexibility index (Phi) is 3.64. The fraction of sp³-hybridized carbons (Fsp3) is 0.818. The molecule has 0 radical (unpaired) electrons. The van der Waals surface area contributed by atoms with Crippen LogP contribution in [0.3, 0.4) is 0 Å². The van der Waals surface area contributed by atoms with Gasteiger partial charge in [0.25, 0.3) is 0 Å². The van der Waals surface area contributed by atoms with Gasteiger partial charge in [0.2, 0.25) is 0 Å². The summed E-state index contributed by atoms with van der Waals surface area (Å²) < 4.78 is 0. The maximum absolute atomic E-state index is 6.08. The van der Waals surface area contributed by atoms with E-state index >= 15 is 0 Å². The van der Waals surface area contributed by atoms with E-state index in [9.17, 15) is 0 Å². The lowest BCUT2D eigenvalue weighted by Crippen LogP contribution is -2.28. The first-order valence-electron chi connectivity index (χ1n) is 4.92. The van der Waals surface area contributed by atoms with Crippen molar-refractivity contribution in [2.75, 3.05) is 5.88 Å². The van der Waals surface area contributed by atoms with Crippen LogP contribution in [0, 0.1) is 11.3 Å². The van der Waals surface area contributed by atoms with E-state index in [0.29, 0.717) is 5.41 Å². The zero-order chi connectivity index (χ0) is 9.03. The predicted molar refractivity (Wildman–Crippen MR) is 55.6 cm³/mol. The summed E-state index contributed by atoms with van der Waals surface area (Å²) in [5.74, 6) is 1.54. The van der Waals surface area contributed by atoms with Crippen LogP contribution in [0.1, 0.15) is 39.5 Å². The highest BCUT2D eigenvalue weighted by molar-refractivity contribution is 6.18. The molecule has 0 amide bonds. The number of hydrogen-bond acceptors (Lipinski definition) is 0. The molecule has 0 spiro atoms. The largest absolute Gasteiger partial charge is 0.126 e. The molecule has 1 heteroatoms. The van der Waals surface area contributed by atoms with Gasteiger partial charge < -0.3 is 0 Å². The fourth-order valence-corrected chi connectivity index (χ4v) is 2.54. The summed E-state index contributed by atoms with van der Waals surface area (Å²) in [6.45, 7) is 4.60. The lowest BCUT2D eigenvalue weighted by atomic mass is 9.73. The number of rotatable bonds is 2. The lowest BCUT2D eigenvalue weighted by Gasteiger charge is -2.34. The van der Waals surface area contributed by atoms with Gasteiger partial charge in [0.1, 0.15) is 0 Å². The minimum Gasteiger partial charge on any atom is -0.126 e. The molecule has 0 aromatic rings. The maximum atomic E-state index is 6.08. The predicted octanol–water partition coefficient (Wildman–Crippen LogP) is 4.00. The van der Waals surface area contributed by atoms with Crippen LogP contribution in [0.5, 0.6) is 0 Å². The van der Waals surface area contributed by atoms with E-state index in [-0.39, 0.29) is 0 Å². The van der Waals surface area contributed by atoms with Crippen LogP contribution in [0.2, 0.25) is 0 Å². The quantitative estimate of drug-likeness (QED) is 0.452. The van der Waals surface area contributed by atoms with Crippen molar-refractivity contribution < 1.29 is 0 Å². The maximum Gasteiger partial charge on any atom is 0.0282 e. The van der Waals surface area contributed by atoms with Crippen molar-refractivity contribution >= 4 is 11.6 Å². The first-order valence-corrected chi connectivity index (χ1v) is 5.46. The van der Waals surface area contributed by atoms with Crippen molar-refractivity contribution in [2.24, 2.45) is 11.3 Å². The van der Waals surface area contributed by atoms with Crippen molar-refractivity contribution in [3.63, 3.8) is 0 Å². The zero-order valence-corrected chi connectivity index (χ0v) is 8.90. The van der Waals surface area contributed by atoms with E-state index in [1.165, 1.54) is 25.7 Å². The molecule has 0 fully saturated rings. The summed E-state index contributed by atoms with van der Waals surface area (Å²) in [7, 11) is 0. The summed E-state index contributed by atoms with van der Waals surface area (Å²) in [5, 5.41) is 0. The van der Waals surface area contributed by atoms with E-state index in [1.807, 2.05) is 0 Å². The molecular formula is C11H19Cl. The summed E-state index contributed by atoms with van der Waals surface area (Å²) >= 11 is 6.08. The molecule has 12 heavy (non-hydrogen) atoms. The number of alkyl halides is 1. The van der Waals surface area contributed by atoms with E-state index in [4.69, 9.17) is 11.6 Å². The zero-order valence-electron chi connectivity index (χ0n) is 8.15. The summed E-state index contributed by atoms with van der Waals surface area (Å²) in [4.78, 5) is 0. The van der Waals surface area contributed by atoms with E-state index in [1.54, 1.807) is 0 Å². The van der Waals surface area contributed by atoms with Crippen molar-refractivity contribution in [1.29, 1.82) is 0 Å². The Bertz CT molecular complexity index is 148. The lowest BCUT2D eigenvalue weighted by molar-refractivity contribution is 0.193. The minimum absolute atomic E-state index is 0.408. The van der Waals surface area contributed by atoms with Gasteiger partial charge >= 0.3 is 0 Å². The molecule has 0 atom stereocenters. The number of hydrogen-bond donors (Lipinski definition) is 0. The Hall–Kier alpha value is 0.0300. The third-order valence-electron chi connectivity index (χ3n) is 3.28. The third-order valence-corrected chi connectivity index (χ3v) is 3.81. The van der Waals surface area contributed by atoms with Crippen molar-refractivity contribution in [3.05, 3.63) is 12.2 Å². The van der Waals surface area contributed by atoms with Crippen LogP contribution in [-0.4, -0.2) is 5.88 Å². The standard InChI is InChI=1S/C11H19Cl/c1-10(2)11(9-12)7-5-3-4-6-8-11/h3-4,10H,5-9H2,1-2H3. The molecule has 0 saturated carbocycles. The van der Waals surface area contributed by atoms with E-state index in [2.05, 4.69) is 26.0 Å². The summed E-state index contributed by atoms with van der Waals surface area (Å²) in [6.07, 6.45) is 9.57. The summed E-state index contributed by atoms with van der Waals surface area (Å²) in [5.41, 5.74) is 0.408. The van der Waals surface area contributed by atoms with Gasteiger partial charge in [0, 0.05) is 5.88 Å². The molecule has 0 N–H and O–H groups in total. The Morgan fingerprint density at radius 3 is 2.08 bits per heavy atom. The molecule has 0 aromatic heterocycles. The van der Waals surface area contributed by atoms with Crippen LogP contribution in [-0.2, 0) is 0 Å². The van der Waals surface area contributed by atoms with Gasteiger partial charge in [-0.3, -0.25) is 0 Å². The van der Waals surface area contributed by atoms with E-state index < -0.39 is 0 Å². The molecule has 70 valence electrons. The molecule has 0 heterocycles. The normalized spacial score (nSPS) is 22.7. The minimum atomic E-state index is 0.408. The van der Waals surface area contributed by atoms with Gasteiger partial charge in [-0.2, -0.15) is 0 Å². The topological polar surface area (TPSA) is 0 Å². The molecule has 0 bridgehead atoms. The second-order valence-corrected chi connectivity index (χ2v) is 4.47. The van der Waals surface area contributed by atoms with Gasteiger partial charge in [-0.05, 0) is 37.0 Å². The molecule has 0 saturated heterocycles. The highest BCUT2D eigenvalue weighted by atomic mass is 35.5. The Labute approximate surface area is 81.0 Å². The van der Waals surface area contributed by atoms with Crippen LogP contribution in [0.4, 0.5) is 0 Å². The van der Waals surface area contributed by atoms with Crippen molar-refractivity contribution in [2.45, 2.75) is 39.5 Å². The third kappa shape index (κ3) is 2.04. The molecule has 0 aromatic carbocycles. The smallest absolute Gasteiger partial charge is 0.0282 e. The van der Waals surface area contributed by atoms with Gasteiger partial charge in [-0.25, -0.2) is 0 Å². The average molecular weight is 187 g/mol. The van der Waals surface area contributed by atoms with E-state index in [0.717, 1.165) is 11.8 Å². The van der Waals surface area contributed by atoms with Crippen LogP contribution in [0.25, 0.3) is 0 Å². The van der Waals surface area contributed by atoms with Gasteiger partial charge in [-0.1, -0.05) is 26.0 Å². The average Bonchev–Trinajstić information content (AvgIpc) is 2.29. The SMILES string of the molecule is CC(C)C1(CCl)CCC=CCC1. The molecular weight excluding hydrogens is 168 g/mol. The van der Waals surface area contributed by atoms with Crippen molar-refractivity contribution in [1.82, 2.24) is 0 Å². The first kappa shape index (κ1) is 10.1. The fourth-order valence-electron chi connectivity index (χ4n) is 1.97. The van der Waals surface area contributed by atoms with Crippen molar-refractivity contribution in [3.8, 4) is 0 Å². The molecule has 1 aliphatic rings. The highest BCUT2D eigenvalue weighted by Crippen LogP contribution is 2.40. The van der Waals surface area contributed by atoms with Crippen LogP contribution in [0.15, 0.2) is 12.2 Å². The van der Waals surface area contributed by atoms with Crippen LogP contribution < -0.4 is 0 Å². The Morgan fingerprint density at radius 2 is 1.75 bits per heavy atom. The monoisotopic (exact) mass is 186 g/mol. The molecule has 0 unspecified atom stereocenters. The highest BCUT2D eigenvalue weighted by Gasteiger charge is 2.31.